The van der Waals surface area contributed by atoms with E-state index in [9.17, 15) is 4.79 Å². The highest BCUT2D eigenvalue weighted by Gasteiger charge is 2.34. The van der Waals surface area contributed by atoms with Gasteiger partial charge in [0.2, 0.25) is 0 Å². The first-order valence-corrected chi connectivity index (χ1v) is 6.71. The van der Waals surface area contributed by atoms with E-state index >= 15 is 0 Å². The van der Waals surface area contributed by atoms with Gasteiger partial charge in [-0.15, -0.1) is 0 Å². The van der Waals surface area contributed by atoms with Crippen molar-refractivity contribution in [2.45, 2.75) is 39.2 Å². The maximum Gasteiger partial charge on any atom is 0.127 e. The van der Waals surface area contributed by atoms with Crippen molar-refractivity contribution in [1.29, 1.82) is 0 Å². The minimum absolute atomic E-state index is 0.0986. The standard InChI is InChI=1S/C15H22N2O/c1-13-6-5-7-14(16-13)10-17(2)11-15(12-18)8-3-4-9-15/h5-7,12H,3-4,8-11H2,1-2H3. The predicted molar refractivity (Wildman–Crippen MR) is 72.3 cm³/mol. The van der Waals surface area contributed by atoms with Crippen LogP contribution in [0.3, 0.4) is 0 Å². The molecule has 1 saturated carbocycles. The molecule has 0 saturated heterocycles. The third kappa shape index (κ3) is 3.16. The average Bonchev–Trinajstić information content (AvgIpc) is 2.78. The Kier molecular flexibility index (Phi) is 4.12. The first-order chi connectivity index (χ1) is 8.63. The summed E-state index contributed by atoms with van der Waals surface area (Å²) in [6.07, 6.45) is 5.65. The molecule has 1 aromatic rings. The molecule has 1 fully saturated rings. The Morgan fingerprint density at radius 1 is 1.39 bits per heavy atom. The number of nitrogens with zero attached hydrogens (tertiary/aromatic N) is 2. The van der Waals surface area contributed by atoms with E-state index in [1.807, 2.05) is 25.1 Å². The number of carbonyl (C=O) groups is 1. The van der Waals surface area contributed by atoms with Crippen LogP contribution in [-0.2, 0) is 11.3 Å². The smallest absolute Gasteiger partial charge is 0.127 e. The molecule has 0 bridgehead atoms. The zero-order valence-corrected chi connectivity index (χ0v) is 11.4. The molecule has 98 valence electrons. The number of hydrogen-bond donors (Lipinski definition) is 0. The van der Waals surface area contributed by atoms with E-state index in [1.54, 1.807) is 0 Å². The molecule has 0 radical (unpaired) electrons. The maximum atomic E-state index is 11.3. The second-order valence-corrected chi connectivity index (χ2v) is 5.63. The highest BCUT2D eigenvalue weighted by molar-refractivity contribution is 5.60. The molecule has 1 aromatic heterocycles. The molecule has 2 rings (SSSR count). The van der Waals surface area contributed by atoms with Crippen molar-refractivity contribution in [1.82, 2.24) is 9.88 Å². The highest BCUT2D eigenvalue weighted by atomic mass is 16.1. The first kappa shape index (κ1) is 13.2. The third-order valence-electron chi connectivity index (χ3n) is 3.81. The Balaban J connectivity index is 1.96. The first-order valence-electron chi connectivity index (χ1n) is 6.71. The Bertz CT molecular complexity index is 411. The van der Waals surface area contributed by atoms with Crippen LogP contribution in [0, 0.1) is 12.3 Å². The van der Waals surface area contributed by atoms with E-state index in [1.165, 1.54) is 19.1 Å². The molecule has 3 heteroatoms. The zero-order valence-electron chi connectivity index (χ0n) is 11.4. The van der Waals surface area contributed by atoms with Gasteiger partial charge in [-0.3, -0.25) is 9.88 Å². The van der Waals surface area contributed by atoms with Gasteiger partial charge in [-0.1, -0.05) is 18.9 Å². The molecule has 18 heavy (non-hydrogen) atoms. The number of aryl methyl sites for hydroxylation is 1. The minimum Gasteiger partial charge on any atom is -0.303 e. The van der Waals surface area contributed by atoms with Crippen molar-refractivity contribution < 1.29 is 4.79 Å². The Hall–Kier alpha value is -1.22. The van der Waals surface area contributed by atoms with Crippen LogP contribution in [0.4, 0.5) is 0 Å². The molecule has 0 aromatic carbocycles. The second kappa shape index (κ2) is 5.61. The normalized spacial score (nSPS) is 18.2. The lowest BCUT2D eigenvalue weighted by Crippen LogP contribution is -2.34. The second-order valence-electron chi connectivity index (χ2n) is 5.63. The summed E-state index contributed by atoms with van der Waals surface area (Å²) in [6, 6.07) is 6.09. The molecule has 0 spiro atoms. The molecule has 0 N–H and O–H groups in total. The zero-order chi connectivity index (χ0) is 13.0. The number of aldehydes is 1. The van der Waals surface area contributed by atoms with Crippen LogP contribution in [0.2, 0.25) is 0 Å². The fourth-order valence-corrected chi connectivity index (χ4v) is 2.95. The van der Waals surface area contributed by atoms with Crippen LogP contribution in [-0.4, -0.2) is 29.8 Å². The number of pyridine rings is 1. The lowest BCUT2D eigenvalue weighted by molar-refractivity contribution is -0.116. The SMILES string of the molecule is Cc1cccc(CN(C)CC2(C=O)CCCC2)n1. The number of rotatable bonds is 5. The predicted octanol–water partition coefficient (Wildman–Crippen LogP) is 2.58. The third-order valence-corrected chi connectivity index (χ3v) is 3.81. The fraction of sp³-hybridized carbons (Fsp3) is 0.600. The molecule has 1 aliphatic carbocycles. The largest absolute Gasteiger partial charge is 0.303 e. The van der Waals surface area contributed by atoms with Gasteiger partial charge in [-0.25, -0.2) is 0 Å². The van der Waals surface area contributed by atoms with Gasteiger partial charge in [0.15, 0.2) is 0 Å². The molecule has 0 aliphatic heterocycles. The van der Waals surface area contributed by atoms with Gasteiger partial charge < -0.3 is 4.79 Å². The van der Waals surface area contributed by atoms with Gasteiger partial charge in [-0.05, 0) is 38.9 Å². The number of hydrogen-bond acceptors (Lipinski definition) is 3. The lowest BCUT2D eigenvalue weighted by Gasteiger charge is -2.28. The van der Waals surface area contributed by atoms with E-state index in [0.717, 1.165) is 37.3 Å². The van der Waals surface area contributed by atoms with Crippen LogP contribution < -0.4 is 0 Å². The van der Waals surface area contributed by atoms with Crippen LogP contribution >= 0.6 is 0 Å². The number of aromatic nitrogens is 1. The Labute approximate surface area is 109 Å². The highest BCUT2D eigenvalue weighted by Crippen LogP contribution is 2.36. The summed E-state index contributed by atoms with van der Waals surface area (Å²) in [5, 5.41) is 0. The van der Waals surface area contributed by atoms with Crippen molar-refractivity contribution >= 4 is 6.29 Å². The van der Waals surface area contributed by atoms with Crippen LogP contribution in [0.1, 0.15) is 37.1 Å². The minimum atomic E-state index is -0.0986. The summed E-state index contributed by atoms with van der Waals surface area (Å²) in [4.78, 5) is 18.1. The fourth-order valence-electron chi connectivity index (χ4n) is 2.95. The molecule has 3 nitrogen and oxygen atoms in total. The van der Waals surface area contributed by atoms with Crippen molar-refractivity contribution in [2.24, 2.45) is 5.41 Å². The summed E-state index contributed by atoms with van der Waals surface area (Å²) in [5.74, 6) is 0. The van der Waals surface area contributed by atoms with Gasteiger partial charge in [0, 0.05) is 24.2 Å². The van der Waals surface area contributed by atoms with Crippen LogP contribution in [0.5, 0.6) is 0 Å². The number of carbonyl (C=O) groups excluding carboxylic acids is 1. The molecule has 1 heterocycles. The molecule has 1 aliphatic rings. The van der Waals surface area contributed by atoms with Crippen LogP contribution in [0.25, 0.3) is 0 Å². The maximum absolute atomic E-state index is 11.3. The summed E-state index contributed by atoms with van der Waals surface area (Å²) in [7, 11) is 2.08. The summed E-state index contributed by atoms with van der Waals surface area (Å²) >= 11 is 0. The van der Waals surface area contributed by atoms with E-state index < -0.39 is 0 Å². The molecule has 0 atom stereocenters. The van der Waals surface area contributed by atoms with Gasteiger partial charge in [-0.2, -0.15) is 0 Å². The molecule has 0 unspecified atom stereocenters. The van der Waals surface area contributed by atoms with E-state index in [0.29, 0.717) is 0 Å². The monoisotopic (exact) mass is 246 g/mol. The average molecular weight is 246 g/mol. The van der Waals surface area contributed by atoms with E-state index in [2.05, 4.69) is 16.9 Å². The summed E-state index contributed by atoms with van der Waals surface area (Å²) in [6.45, 7) is 3.68. The van der Waals surface area contributed by atoms with Crippen molar-refractivity contribution in [3.8, 4) is 0 Å². The van der Waals surface area contributed by atoms with Crippen molar-refractivity contribution in [3.63, 3.8) is 0 Å². The van der Waals surface area contributed by atoms with E-state index in [-0.39, 0.29) is 5.41 Å². The van der Waals surface area contributed by atoms with Crippen LogP contribution in [0.15, 0.2) is 18.2 Å². The van der Waals surface area contributed by atoms with Gasteiger partial charge in [0.05, 0.1) is 5.69 Å². The molecule has 0 amide bonds. The lowest BCUT2D eigenvalue weighted by atomic mass is 9.87. The van der Waals surface area contributed by atoms with Gasteiger partial charge >= 0.3 is 0 Å². The Morgan fingerprint density at radius 3 is 2.72 bits per heavy atom. The molecular formula is C15H22N2O. The van der Waals surface area contributed by atoms with E-state index in [4.69, 9.17) is 0 Å². The van der Waals surface area contributed by atoms with Crippen molar-refractivity contribution in [3.05, 3.63) is 29.6 Å². The quantitative estimate of drug-likeness (QED) is 0.749. The van der Waals surface area contributed by atoms with Gasteiger partial charge in [0.1, 0.15) is 6.29 Å². The van der Waals surface area contributed by atoms with Crippen molar-refractivity contribution in [2.75, 3.05) is 13.6 Å². The summed E-state index contributed by atoms with van der Waals surface area (Å²) in [5.41, 5.74) is 2.03. The summed E-state index contributed by atoms with van der Waals surface area (Å²) < 4.78 is 0. The molecular weight excluding hydrogens is 224 g/mol. The Morgan fingerprint density at radius 2 is 2.11 bits per heavy atom. The van der Waals surface area contributed by atoms with Gasteiger partial charge in [0.25, 0.3) is 0 Å². The topological polar surface area (TPSA) is 33.2 Å².